The number of nitrogens with one attached hydrogen (secondary N) is 1. The number of benzene rings is 1. The Labute approximate surface area is 155 Å². The number of nitrogens with two attached hydrogens (primary N) is 1. The zero-order valence-electron chi connectivity index (χ0n) is 15.2. The fraction of sp³-hybridized carbons (Fsp3) is 0.429. The molecule has 3 rings (SSSR count). The van der Waals surface area contributed by atoms with E-state index in [0.717, 1.165) is 31.5 Å². The predicted molar refractivity (Wildman–Crippen MR) is 104 cm³/mol. The molecule has 0 aliphatic carbocycles. The van der Waals surface area contributed by atoms with Crippen LogP contribution in [0.5, 0.6) is 0 Å². The van der Waals surface area contributed by atoms with Gasteiger partial charge in [0.25, 0.3) is 0 Å². The normalized spacial score (nSPS) is 17.8. The number of nitrogens with zero attached hydrogens (tertiary/aromatic N) is 2. The van der Waals surface area contributed by atoms with Gasteiger partial charge in [-0.15, -0.1) is 0 Å². The number of amides is 1. The molecule has 5 heteroatoms. The summed E-state index contributed by atoms with van der Waals surface area (Å²) in [6, 6.07) is 14.0. The van der Waals surface area contributed by atoms with Gasteiger partial charge in [-0.25, -0.2) is 0 Å². The van der Waals surface area contributed by atoms with Crippen molar-refractivity contribution >= 4 is 5.91 Å². The van der Waals surface area contributed by atoms with Gasteiger partial charge in [-0.1, -0.05) is 36.4 Å². The topological polar surface area (TPSA) is 71.2 Å². The van der Waals surface area contributed by atoms with E-state index in [-0.39, 0.29) is 5.91 Å². The molecule has 0 unspecified atom stereocenters. The van der Waals surface area contributed by atoms with E-state index in [1.54, 1.807) is 12.4 Å². The van der Waals surface area contributed by atoms with Gasteiger partial charge in [0.05, 0.1) is 6.04 Å². The van der Waals surface area contributed by atoms with Crippen molar-refractivity contribution in [3.05, 3.63) is 66.0 Å². The van der Waals surface area contributed by atoms with Crippen LogP contribution in [0.4, 0.5) is 0 Å². The van der Waals surface area contributed by atoms with E-state index in [4.69, 9.17) is 5.73 Å². The Morgan fingerprint density at radius 1 is 1.23 bits per heavy atom. The second-order valence-electron chi connectivity index (χ2n) is 6.99. The molecular formula is C21H28N4O. The second kappa shape index (κ2) is 9.46. The Balaban J connectivity index is 1.63. The van der Waals surface area contributed by atoms with Gasteiger partial charge in [0.15, 0.2) is 0 Å². The van der Waals surface area contributed by atoms with Crippen molar-refractivity contribution in [3.8, 4) is 0 Å². The minimum absolute atomic E-state index is 0.0264. The van der Waals surface area contributed by atoms with Crippen molar-refractivity contribution in [2.75, 3.05) is 19.6 Å². The highest BCUT2D eigenvalue weighted by Crippen LogP contribution is 2.11. The molecule has 1 saturated heterocycles. The highest BCUT2D eigenvalue weighted by Gasteiger charge is 2.25. The van der Waals surface area contributed by atoms with Gasteiger partial charge in [0.2, 0.25) is 5.91 Å². The van der Waals surface area contributed by atoms with Gasteiger partial charge in [-0.05, 0) is 49.4 Å². The lowest BCUT2D eigenvalue weighted by Gasteiger charge is -2.28. The first-order valence-electron chi connectivity index (χ1n) is 9.43. The Morgan fingerprint density at radius 3 is 2.73 bits per heavy atom. The first-order valence-corrected chi connectivity index (χ1v) is 9.43. The summed E-state index contributed by atoms with van der Waals surface area (Å²) >= 11 is 0. The lowest BCUT2D eigenvalue weighted by Crippen LogP contribution is -2.49. The first-order chi connectivity index (χ1) is 12.7. The van der Waals surface area contributed by atoms with Crippen molar-refractivity contribution in [2.24, 2.45) is 5.73 Å². The molecule has 3 N–H and O–H groups in total. The molecule has 1 aromatic carbocycles. The summed E-state index contributed by atoms with van der Waals surface area (Å²) in [5.74, 6) is 0.0264. The van der Waals surface area contributed by atoms with Crippen LogP contribution in [0.15, 0.2) is 54.9 Å². The van der Waals surface area contributed by atoms with Gasteiger partial charge in [-0.2, -0.15) is 0 Å². The summed E-state index contributed by atoms with van der Waals surface area (Å²) < 4.78 is 0. The smallest absolute Gasteiger partial charge is 0.239 e. The molecule has 2 heterocycles. The second-order valence-corrected chi connectivity index (χ2v) is 6.99. The number of carbonyl (C=O) groups is 1. The summed E-state index contributed by atoms with van der Waals surface area (Å²) in [5, 5.41) is 3.48. The molecule has 0 spiro atoms. The highest BCUT2D eigenvalue weighted by molar-refractivity contribution is 5.82. The molecule has 0 bridgehead atoms. The lowest BCUT2D eigenvalue weighted by atomic mass is 10.1. The fourth-order valence-electron chi connectivity index (χ4n) is 3.47. The van der Waals surface area contributed by atoms with Crippen molar-refractivity contribution in [1.82, 2.24) is 15.2 Å². The van der Waals surface area contributed by atoms with Gasteiger partial charge in [0.1, 0.15) is 0 Å². The largest absolute Gasteiger partial charge is 0.339 e. The van der Waals surface area contributed by atoms with Gasteiger partial charge in [-0.3, -0.25) is 9.78 Å². The molecular weight excluding hydrogens is 324 g/mol. The number of hydrogen-bond donors (Lipinski definition) is 2. The number of pyridine rings is 1. The molecule has 26 heavy (non-hydrogen) atoms. The maximum absolute atomic E-state index is 13.0. The van der Waals surface area contributed by atoms with Crippen LogP contribution in [0.2, 0.25) is 0 Å². The monoisotopic (exact) mass is 352 g/mol. The van der Waals surface area contributed by atoms with Crippen LogP contribution in [0.1, 0.15) is 24.0 Å². The molecule has 5 nitrogen and oxygen atoms in total. The highest BCUT2D eigenvalue weighted by atomic mass is 16.2. The van der Waals surface area contributed by atoms with E-state index in [1.807, 2.05) is 35.2 Å². The summed E-state index contributed by atoms with van der Waals surface area (Å²) in [5.41, 5.74) is 8.49. The third-order valence-electron chi connectivity index (χ3n) is 4.92. The zero-order valence-corrected chi connectivity index (χ0v) is 15.2. The van der Waals surface area contributed by atoms with Crippen LogP contribution in [0.3, 0.4) is 0 Å². The summed E-state index contributed by atoms with van der Waals surface area (Å²) in [4.78, 5) is 19.1. The Bertz CT molecular complexity index is 671. The maximum atomic E-state index is 13.0. The van der Waals surface area contributed by atoms with Crippen LogP contribution >= 0.6 is 0 Å². The molecule has 1 amide bonds. The SMILES string of the molecule is N[C@H](Cc1cccnc1)C(=O)N(CCc1ccccc1)C[C@@H]1CCCN1. The average molecular weight is 352 g/mol. The predicted octanol–water partition coefficient (Wildman–Crippen LogP) is 1.77. The molecule has 1 fully saturated rings. The van der Waals surface area contributed by atoms with Gasteiger partial charge < -0.3 is 16.0 Å². The lowest BCUT2D eigenvalue weighted by molar-refractivity contribution is -0.132. The summed E-state index contributed by atoms with van der Waals surface area (Å²) in [6.45, 7) is 2.46. The number of hydrogen-bond acceptors (Lipinski definition) is 4. The van der Waals surface area contributed by atoms with E-state index >= 15 is 0 Å². The van der Waals surface area contributed by atoms with E-state index in [1.165, 1.54) is 12.0 Å². The average Bonchev–Trinajstić information content (AvgIpc) is 3.19. The standard InChI is InChI=1S/C21H28N4O/c22-20(14-18-8-4-11-23-15-18)21(26)25(16-19-9-5-12-24-19)13-10-17-6-2-1-3-7-17/h1-4,6-8,11,15,19-20,24H,5,9-10,12-14,16,22H2/t19-,20+/m0/s1. The van der Waals surface area contributed by atoms with Gasteiger partial charge in [0, 0.05) is 31.5 Å². The molecule has 1 aliphatic rings. The van der Waals surface area contributed by atoms with Crippen molar-refractivity contribution < 1.29 is 4.79 Å². The number of carbonyl (C=O) groups excluding carboxylic acids is 1. The quantitative estimate of drug-likeness (QED) is 0.760. The van der Waals surface area contributed by atoms with Crippen molar-refractivity contribution in [3.63, 3.8) is 0 Å². The molecule has 2 atom stereocenters. The van der Waals surface area contributed by atoms with E-state index in [0.29, 0.717) is 19.0 Å². The van der Waals surface area contributed by atoms with Crippen LogP contribution in [0, 0.1) is 0 Å². The van der Waals surface area contributed by atoms with Crippen molar-refractivity contribution in [2.45, 2.75) is 37.8 Å². The summed E-state index contributed by atoms with van der Waals surface area (Å²) in [6.07, 6.45) is 7.17. The Hall–Kier alpha value is -2.24. The minimum atomic E-state index is -0.531. The molecule has 0 radical (unpaired) electrons. The van der Waals surface area contributed by atoms with E-state index < -0.39 is 6.04 Å². The van der Waals surface area contributed by atoms with Crippen LogP contribution in [-0.4, -0.2) is 47.5 Å². The van der Waals surface area contributed by atoms with Crippen LogP contribution in [0.25, 0.3) is 0 Å². The van der Waals surface area contributed by atoms with Crippen LogP contribution in [-0.2, 0) is 17.6 Å². The molecule has 138 valence electrons. The number of aromatic nitrogens is 1. The van der Waals surface area contributed by atoms with Gasteiger partial charge >= 0.3 is 0 Å². The first kappa shape index (κ1) is 18.5. The zero-order chi connectivity index (χ0) is 18.2. The fourth-order valence-corrected chi connectivity index (χ4v) is 3.47. The molecule has 1 aromatic heterocycles. The third kappa shape index (κ3) is 5.38. The van der Waals surface area contributed by atoms with Crippen LogP contribution < -0.4 is 11.1 Å². The molecule has 1 aliphatic heterocycles. The third-order valence-corrected chi connectivity index (χ3v) is 4.92. The van der Waals surface area contributed by atoms with Crippen molar-refractivity contribution in [1.29, 1.82) is 0 Å². The minimum Gasteiger partial charge on any atom is -0.339 e. The van der Waals surface area contributed by atoms with E-state index in [2.05, 4.69) is 22.4 Å². The number of rotatable bonds is 8. The molecule has 0 saturated carbocycles. The summed E-state index contributed by atoms with van der Waals surface area (Å²) in [7, 11) is 0. The molecule has 2 aromatic rings. The maximum Gasteiger partial charge on any atom is 0.239 e. The Kier molecular flexibility index (Phi) is 6.75. The Morgan fingerprint density at radius 2 is 2.04 bits per heavy atom. The van der Waals surface area contributed by atoms with E-state index in [9.17, 15) is 4.79 Å².